The Balaban J connectivity index is 1.50. The Morgan fingerprint density at radius 1 is 1.07 bits per heavy atom. The molecule has 0 radical (unpaired) electrons. The lowest BCUT2D eigenvalue weighted by atomic mass is 9.98. The van der Waals surface area contributed by atoms with Crippen molar-refractivity contribution in [2.24, 2.45) is 5.92 Å². The molecule has 6 heteroatoms. The van der Waals surface area contributed by atoms with Crippen LogP contribution in [0.3, 0.4) is 0 Å². The number of nitrogens with one attached hydrogen (secondary N) is 1. The number of nitrogens with zero attached hydrogens (tertiary/aromatic N) is 3. The molecule has 0 aliphatic carbocycles. The van der Waals surface area contributed by atoms with Crippen LogP contribution in [0.1, 0.15) is 30.1 Å². The molecule has 1 fully saturated rings. The number of piperidine rings is 1. The molecule has 2 heterocycles. The highest BCUT2D eigenvalue weighted by atomic mass is 19.1. The normalized spacial score (nSPS) is 14.6. The maximum atomic E-state index is 13.1. The third-order valence-corrected chi connectivity index (χ3v) is 5.26. The number of amides is 1. The lowest BCUT2D eigenvalue weighted by Gasteiger charge is -2.30. The highest BCUT2D eigenvalue weighted by molar-refractivity contribution is 5.95. The van der Waals surface area contributed by atoms with Crippen LogP contribution in [-0.4, -0.2) is 33.9 Å². The van der Waals surface area contributed by atoms with Crippen LogP contribution in [0.2, 0.25) is 0 Å². The summed E-state index contributed by atoms with van der Waals surface area (Å²) in [6.07, 6.45) is 3.57. The Hall–Kier alpha value is -3.28. The maximum absolute atomic E-state index is 13.1. The van der Waals surface area contributed by atoms with Gasteiger partial charge in [0.15, 0.2) is 0 Å². The molecule has 0 unspecified atom stereocenters. The summed E-state index contributed by atoms with van der Waals surface area (Å²) in [5.41, 5.74) is 2.94. The van der Waals surface area contributed by atoms with Crippen molar-refractivity contribution in [2.75, 3.05) is 18.4 Å². The van der Waals surface area contributed by atoms with E-state index in [0.717, 1.165) is 37.2 Å². The lowest BCUT2D eigenvalue weighted by molar-refractivity contribution is 0.0697. The monoisotopic (exact) mass is 390 g/mol. The van der Waals surface area contributed by atoms with Crippen molar-refractivity contribution < 1.29 is 9.18 Å². The molecule has 0 bridgehead atoms. The Bertz CT molecular complexity index is 998. The van der Waals surface area contributed by atoms with Gasteiger partial charge in [0.2, 0.25) is 0 Å². The molecule has 5 nitrogen and oxygen atoms in total. The minimum absolute atomic E-state index is 0.0650. The van der Waals surface area contributed by atoms with E-state index >= 15 is 0 Å². The summed E-state index contributed by atoms with van der Waals surface area (Å²) in [7, 11) is 0. The largest absolute Gasteiger partial charge is 0.340 e. The molecule has 1 amide bonds. The fourth-order valence-electron chi connectivity index (χ4n) is 3.48. The van der Waals surface area contributed by atoms with Crippen molar-refractivity contribution >= 4 is 17.4 Å². The maximum Gasteiger partial charge on any atom is 0.253 e. The van der Waals surface area contributed by atoms with Gasteiger partial charge in [0.1, 0.15) is 18.0 Å². The van der Waals surface area contributed by atoms with E-state index in [1.807, 2.05) is 29.2 Å². The zero-order valence-corrected chi connectivity index (χ0v) is 16.3. The van der Waals surface area contributed by atoms with Gasteiger partial charge in [-0.25, -0.2) is 14.4 Å². The van der Waals surface area contributed by atoms with Gasteiger partial charge in [0, 0.05) is 36.0 Å². The standard InChI is InChI=1S/C23H23FN4O/c1-16-9-11-28(12-10-16)23(29)18-3-2-4-20(13-18)27-22-14-21(25-15-26-22)17-5-7-19(24)8-6-17/h2-8,13-16H,9-12H2,1H3,(H,25,26,27). The van der Waals surface area contributed by atoms with Gasteiger partial charge in [-0.2, -0.15) is 0 Å². The summed E-state index contributed by atoms with van der Waals surface area (Å²) < 4.78 is 13.1. The van der Waals surface area contributed by atoms with E-state index in [1.54, 1.807) is 18.2 Å². The second-order valence-corrected chi connectivity index (χ2v) is 7.48. The van der Waals surface area contributed by atoms with Gasteiger partial charge in [0.25, 0.3) is 5.91 Å². The van der Waals surface area contributed by atoms with Gasteiger partial charge in [-0.15, -0.1) is 0 Å². The first-order valence-electron chi connectivity index (χ1n) is 9.83. The number of rotatable bonds is 4. The molecule has 1 aromatic heterocycles. The number of anilines is 2. The van der Waals surface area contributed by atoms with E-state index < -0.39 is 0 Å². The number of likely N-dealkylation sites (tertiary alicyclic amines) is 1. The average Bonchev–Trinajstić information content (AvgIpc) is 2.75. The molecular formula is C23H23FN4O. The van der Waals surface area contributed by atoms with E-state index in [0.29, 0.717) is 23.0 Å². The molecule has 0 spiro atoms. The SMILES string of the molecule is CC1CCN(C(=O)c2cccc(Nc3cc(-c4ccc(F)cc4)ncn3)c2)CC1. The fraction of sp³-hybridized carbons (Fsp3) is 0.261. The topological polar surface area (TPSA) is 58.1 Å². The first kappa shape index (κ1) is 19.1. The molecule has 1 N–H and O–H groups in total. The van der Waals surface area contributed by atoms with Crippen LogP contribution in [0.4, 0.5) is 15.9 Å². The van der Waals surface area contributed by atoms with E-state index in [-0.39, 0.29) is 11.7 Å². The van der Waals surface area contributed by atoms with E-state index in [2.05, 4.69) is 22.2 Å². The number of hydrogen-bond donors (Lipinski definition) is 1. The summed E-state index contributed by atoms with van der Waals surface area (Å²) in [6, 6.07) is 15.4. The van der Waals surface area contributed by atoms with Gasteiger partial charge in [-0.05, 0) is 61.2 Å². The number of aromatic nitrogens is 2. The summed E-state index contributed by atoms with van der Waals surface area (Å²) in [4.78, 5) is 23.3. The predicted octanol–water partition coefficient (Wildman–Crippen LogP) is 4.90. The molecule has 1 aliphatic rings. The van der Waals surface area contributed by atoms with Crippen LogP contribution in [0.5, 0.6) is 0 Å². The van der Waals surface area contributed by atoms with Crippen LogP contribution in [0.25, 0.3) is 11.3 Å². The van der Waals surface area contributed by atoms with Gasteiger partial charge in [0.05, 0.1) is 5.69 Å². The zero-order chi connectivity index (χ0) is 20.2. The number of halogens is 1. The number of carbonyl (C=O) groups excluding carboxylic acids is 1. The molecule has 1 saturated heterocycles. The summed E-state index contributed by atoms with van der Waals surface area (Å²) in [5.74, 6) is 1.07. The molecule has 2 aromatic carbocycles. The van der Waals surface area contributed by atoms with E-state index in [1.165, 1.54) is 18.5 Å². The second kappa shape index (κ2) is 8.39. The Kier molecular flexibility index (Phi) is 5.51. The third-order valence-electron chi connectivity index (χ3n) is 5.26. The summed E-state index contributed by atoms with van der Waals surface area (Å²) in [5, 5.41) is 3.23. The van der Waals surface area contributed by atoms with Crippen molar-refractivity contribution in [3.05, 3.63) is 72.3 Å². The van der Waals surface area contributed by atoms with Crippen LogP contribution >= 0.6 is 0 Å². The van der Waals surface area contributed by atoms with Crippen LogP contribution in [0, 0.1) is 11.7 Å². The Morgan fingerprint density at radius 3 is 2.59 bits per heavy atom. The average molecular weight is 390 g/mol. The van der Waals surface area contributed by atoms with Gasteiger partial charge >= 0.3 is 0 Å². The smallest absolute Gasteiger partial charge is 0.253 e. The van der Waals surface area contributed by atoms with Gasteiger partial charge in [-0.1, -0.05) is 13.0 Å². The number of carbonyl (C=O) groups is 1. The van der Waals surface area contributed by atoms with Crippen molar-refractivity contribution in [1.29, 1.82) is 0 Å². The lowest BCUT2D eigenvalue weighted by Crippen LogP contribution is -2.37. The molecule has 148 valence electrons. The molecule has 1 aliphatic heterocycles. The molecule has 29 heavy (non-hydrogen) atoms. The van der Waals surface area contributed by atoms with Crippen molar-refractivity contribution in [1.82, 2.24) is 14.9 Å². The number of benzene rings is 2. The van der Waals surface area contributed by atoms with Crippen molar-refractivity contribution in [3.63, 3.8) is 0 Å². The highest BCUT2D eigenvalue weighted by Gasteiger charge is 2.21. The van der Waals surface area contributed by atoms with Gasteiger partial charge < -0.3 is 10.2 Å². The van der Waals surface area contributed by atoms with Gasteiger partial charge in [-0.3, -0.25) is 4.79 Å². The molecular weight excluding hydrogens is 367 g/mol. The minimum Gasteiger partial charge on any atom is -0.340 e. The molecule has 0 atom stereocenters. The van der Waals surface area contributed by atoms with E-state index in [4.69, 9.17) is 0 Å². The predicted molar refractivity (Wildman–Crippen MR) is 111 cm³/mol. The third kappa shape index (κ3) is 4.59. The molecule has 3 aromatic rings. The van der Waals surface area contributed by atoms with Crippen molar-refractivity contribution in [3.8, 4) is 11.3 Å². The summed E-state index contributed by atoms with van der Waals surface area (Å²) in [6.45, 7) is 3.85. The number of hydrogen-bond acceptors (Lipinski definition) is 4. The first-order chi connectivity index (χ1) is 14.1. The zero-order valence-electron chi connectivity index (χ0n) is 16.3. The summed E-state index contributed by atoms with van der Waals surface area (Å²) >= 11 is 0. The Labute approximate surface area is 169 Å². The molecule has 0 saturated carbocycles. The first-order valence-corrected chi connectivity index (χ1v) is 9.83. The second-order valence-electron chi connectivity index (χ2n) is 7.48. The Morgan fingerprint density at radius 2 is 1.83 bits per heavy atom. The van der Waals surface area contributed by atoms with Crippen LogP contribution < -0.4 is 5.32 Å². The van der Waals surface area contributed by atoms with Crippen LogP contribution in [-0.2, 0) is 0 Å². The minimum atomic E-state index is -0.286. The van der Waals surface area contributed by atoms with E-state index in [9.17, 15) is 9.18 Å². The fourth-order valence-corrected chi connectivity index (χ4v) is 3.48. The van der Waals surface area contributed by atoms with Crippen LogP contribution in [0.15, 0.2) is 60.9 Å². The van der Waals surface area contributed by atoms with Crippen molar-refractivity contribution in [2.45, 2.75) is 19.8 Å². The molecule has 4 rings (SSSR count). The quantitative estimate of drug-likeness (QED) is 0.688. The highest BCUT2D eigenvalue weighted by Crippen LogP contribution is 2.23.